The van der Waals surface area contributed by atoms with Crippen molar-refractivity contribution in [2.24, 2.45) is 0 Å². The molecule has 1 aliphatic rings. The van der Waals surface area contributed by atoms with Crippen molar-refractivity contribution in [2.75, 3.05) is 5.32 Å². The van der Waals surface area contributed by atoms with Gasteiger partial charge in [0.2, 0.25) is 0 Å². The summed E-state index contributed by atoms with van der Waals surface area (Å²) >= 11 is 0. The highest BCUT2D eigenvalue weighted by Gasteiger charge is 2.38. The SMILES string of the molecule is Cc1ccc(S(=O)(=O)n2cc(-c3nc(N[C@H]4CCC[C@@H](NC(=O)OCc5ccccc5)C4)c(F)cc3C(F)(F)F)c3cc(F)cc(F)c32)cc1. The number of hydrogen-bond acceptors (Lipinski definition) is 6. The molecule has 2 N–H and O–H groups in total. The summed E-state index contributed by atoms with van der Waals surface area (Å²) in [5.74, 6) is -4.48. The topological polar surface area (TPSA) is 102 Å². The van der Waals surface area contributed by atoms with E-state index in [-0.39, 0.29) is 24.0 Å². The minimum Gasteiger partial charge on any atom is -0.445 e. The molecule has 262 valence electrons. The fourth-order valence-corrected chi connectivity index (χ4v) is 7.41. The molecule has 8 nitrogen and oxygen atoms in total. The first-order valence-electron chi connectivity index (χ1n) is 15.5. The van der Waals surface area contributed by atoms with E-state index in [9.17, 15) is 30.8 Å². The summed E-state index contributed by atoms with van der Waals surface area (Å²) in [5.41, 5.74) is -2.33. The van der Waals surface area contributed by atoms with E-state index in [0.717, 1.165) is 11.8 Å². The van der Waals surface area contributed by atoms with E-state index < -0.39 is 85.4 Å². The van der Waals surface area contributed by atoms with E-state index in [4.69, 9.17) is 4.74 Å². The molecule has 0 aliphatic heterocycles. The lowest BCUT2D eigenvalue weighted by Gasteiger charge is -2.30. The van der Waals surface area contributed by atoms with E-state index >= 15 is 8.78 Å². The number of carbonyl (C=O) groups is 1. The van der Waals surface area contributed by atoms with Crippen molar-refractivity contribution in [3.8, 4) is 11.3 Å². The van der Waals surface area contributed by atoms with E-state index in [1.54, 1.807) is 31.2 Å². The number of halogens is 6. The van der Waals surface area contributed by atoms with Gasteiger partial charge in [-0.05, 0) is 62.4 Å². The molecule has 50 heavy (non-hydrogen) atoms. The van der Waals surface area contributed by atoms with Gasteiger partial charge in [-0.15, -0.1) is 0 Å². The Balaban J connectivity index is 1.34. The van der Waals surface area contributed by atoms with Gasteiger partial charge in [-0.1, -0.05) is 48.0 Å². The minimum absolute atomic E-state index is 0.0427. The fourth-order valence-electron chi connectivity index (χ4n) is 6.04. The number of nitrogens with zero attached hydrogens (tertiary/aromatic N) is 2. The molecule has 0 saturated heterocycles. The van der Waals surface area contributed by atoms with Crippen LogP contribution in [0.2, 0.25) is 0 Å². The molecule has 15 heteroatoms. The Morgan fingerprint density at radius 1 is 0.960 bits per heavy atom. The molecule has 6 rings (SSSR count). The van der Waals surface area contributed by atoms with Crippen molar-refractivity contribution in [1.29, 1.82) is 0 Å². The van der Waals surface area contributed by atoms with Crippen LogP contribution in [0.1, 0.15) is 42.4 Å². The van der Waals surface area contributed by atoms with Crippen LogP contribution in [0, 0.1) is 24.4 Å². The van der Waals surface area contributed by atoms with Crippen LogP contribution >= 0.6 is 0 Å². The van der Waals surface area contributed by atoms with Gasteiger partial charge >= 0.3 is 12.3 Å². The number of rotatable bonds is 8. The number of amides is 1. The predicted molar refractivity (Wildman–Crippen MR) is 173 cm³/mol. The van der Waals surface area contributed by atoms with Crippen molar-refractivity contribution in [3.63, 3.8) is 0 Å². The Kier molecular flexibility index (Phi) is 9.53. The highest BCUT2D eigenvalue weighted by molar-refractivity contribution is 7.90. The van der Waals surface area contributed by atoms with Crippen LogP contribution in [0.25, 0.3) is 22.2 Å². The lowest BCUT2D eigenvalue weighted by Crippen LogP contribution is -2.42. The fraction of sp³-hybridized carbons (Fsp3) is 0.257. The van der Waals surface area contributed by atoms with Gasteiger partial charge in [0.05, 0.1) is 16.2 Å². The molecule has 2 atom stereocenters. The summed E-state index contributed by atoms with van der Waals surface area (Å²) in [6, 6.07) is 14.8. The highest BCUT2D eigenvalue weighted by Crippen LogP contribution is 2.42. The zero-order valence-corrected chi connectivity index (χ0v) is 27.2. The number of carbonyl (C=O) groups excluding carboxylic acids is 1. The van der Waals surface area contributed by atoms with Gasteiger partial charge in [0.1, 0.15) is 17.9 Å². The summed E-state index contributed by atoms with van der Waals surface area (Å²) < 4.78 is 121. The molecule has 0 bridgehead atoms. The quantitative estimate of drug-likeness (QED) is 0.157. The average Bonchev–Trinajstić information content (AvgIpc) is 3.45. The number of alkyl halides is 3. The molecule has 1 saturated carbocycles. The van der Waals surface area contributed by atoms with Gasteiger partial charge in [-0.2, -0.15) is 13.2 Å². The second-order valence-corrected chi connectivity index (χ2v) is 13.9. The van der Waals surface area contributed by atoms with Gasteiger partial charge < -0.3 is 15.4 Å². The zero-order chi connectivity index (χ0) is 35.8. The monoisotopic (exact) mass is 716 g/mol. The molecule has 2 aromatic heterocycles. The van der Waals surface area contributed by atoms with Crippen LogP contribution in [-0.2, 0) is 27.5 Å². The number of aromatic nitrogens is 2. The Labute approximate surface area is 283 Å². The van der Waals surface area contributed by atoms with Crippen LogP contribution in [0.15, 0.2) is 83.9 Å². The van der Waals surface area contributed by atoms with Crippen molar-refractivity contribution in [3.05, 3.63) is 113 Å². The highest BCUT2D eigenvalue weighted by atomic mass is 32.2. The molecular weight excluding hydrogens is 686 g/mol. The number of hydrogen-bond donors (Lipinski definition) is 2. The number of benzene rings is 3. The lowest BCUT2D eigenvalue weighted by molar-refractivity contribution is -0.137. The third-order valence-electron chi connectivity index (χ3n) is 8.45. The normalized spacial score (nSPS) is 16.7. The van der Waals surface area contributed by atoms with Gasteiger partial charge in [0.25, 0.3) is 10.0 Å². The molecule has 0 unspecified atom stereocenters. The molecule has 5 aromatic rings. The summed E-state index contributed by atoms with van der Waals surface area (Å²) in [7, 11) is -4.62. The van der Waals surface area contributed by atoms with Crippen LogP contribution in [0.5, 0.6) is 0 Å². The number of ether oxygens (including phenoxy) is 1. The second kappa shape index (κ2) is 13.7. The third kappa shape index (κ3) is 7.27. The van der Waals surface area contributed by atoms with Crippen molar-refractivity contribution in [2.45, 2.75) is 62.4 Å². The van der Waals surface area contributed by atoms with E-state index in [2.05, 4.69) is 15.6 Å². The van der Waals surface area contributed by atoms with Gasteiger partial charge in [-0.25, -0.2) is 35.3 Å². The zero-order valence-electron chi connectivity index (χ0n) is 26.4. The molecule has 3 aromatic carbocycles. The first-order chi connectivity index (χ1) is 23.7. The number of fused-ring (bicyclic) bond motifs is 1. The summed E-state index contributed by atoms with van der Waals surface area (Å²) in [5, 5.41) is 5.05. The number of alkyl carbamates (subject to hydrolysis) is 1. The smallest absolute Gasteiger partial charge is 0.418 e. The van der Waals surface area contributed by atoms with Gasteiger partial charge in [-0.3, -0.25) is 0 Å². The number of aryl methyl sites for hydroxylation is 1. The maximum Gasteiger partial charge on any atom is 0.418 e. The van der Waals surface area contributed by atoms with Crippen LogP contribution in [0.4, 0.5) is 37.0 Å². The number of nitrogens with one attached hydrogen (secondary N) is 2. The standard InChI is InChI=1S/C35H30F6N4O4S/c1-20-10-12-25(13-11-20)50(47,48)45-18-27(26-14-22(36)15-29(37)32(26)45)31-28(35(39,40)41)17-30(38)33(44-31)42-23-8-5-9-24(16-23)43-34(46)49-19-21-6-3-2-4-7-21/h2-4,6-7,10-15,17-18,23-24H,5,8-9,16,19H2,1H3,(H,42,44)(H,43,46)/t23-,24+/m0/s1. The van der Waals surface area contributed by atoms with Crippen LogP contribution in [0.3, 0.4) is 0 Å². The summed E-state index contributed by atoms with van der Waals surface area (Å²) in [6.45, 7) is 1.75. The molecule has 0 spiro atoms. The number of anilines is 1. The van der Waals surface area contributed by atoms with Crippen molar-refractivity contribution < 1.29 is 44.3 Å². The summed E-state index contributed by atoms with van der Waals surface area (Å²) in [4.78, 5) is 16.1. The minimum atomic E-state index is -5.20. The van der Waals surface area contributed by atoms with Gasteiger partial charge in [0.15, 0.2) is 17.5 Å². The largest absolute Gasteiger partial charge is 0.445 e. The van der Waals surface area contributed by atoms with Crippen LogP contribution in [-0.4, -0.2) is 35.6 Å². The first kappa shape index (κ1) is 34.8. The van der Waals surface area contributed by atoms with Crippen molar-refractivity contribution in [1.82, 2.24) is 14.3 Å². The molecule has 1 amide bonds. The first-order valence-corrected chi connectivity index (χ1v) is 17.0. The Morgan fingerprint density at radius 2 is 1.66 bits per heavy atom. The molecule has 2 heterocycles. The predicted octanol–water partition coefficient (Wildman–Crippen LogP) is 8.33. The molecule has 1 fully saturated rings. The lowest BCUT2D eigenvalue weighted by atomic mass is 9.91. The van der Waals surface area contributed by atoms with Gasteiger partial charge in [0, 0.05) is 35.3 Å². The maximum absolute atomic E-state index is 15.4. The second-order valence-electron chi connectivity index (χ2n) is 12.1. The molecule has 1 aliphatic carbocycles. The Morgan fingerprint density at radius 3 is 2.36 bits per heavy atom. The third-order valence-corrected chi connectivity index (χ3v) is 10.1. The molecular formula is C35H30F6N4O4S. The Hall–Kier alpha value is -5.05. The molecule has 0 radical (unpaired) electrons. The van der Waals surface area contributed by atoms with E-state index in [1.807, 2.05) is 6.07 Å². The van der Waals surface area contributed by atoms with Crippen LogP contribution < -0.4 is 10.6 Å². The van der Waals surface area contributed by atoms with E-state index in [0.29, 0.717) is 40.9 Å². The average molecular weight is 717 g/mol. The number of pyridine rings is 1. The Bertz CT molecular complexity index is 2160. The van der Waals surface area contributed by atoms with E-state index in [1.165, 1.54) is 24.3 Å². The summed E-state index contributed by atoms with van der Waals surface area (Å²) in [6.07, 6.45) is -3.29. The van der Waals surface area contributed by atoms with Crippen molar-refractivity contribution >= 4 is 32.8 Å². The maximum atomic E-state index is 15.4.